The number of amidine groups is 2. The Morgan fingerprint density at radius 2 is 2.24 bits per heavy atom. The van der Waals surface area contributed by atoms with Gasteiger partial charge in [-0.1, -0.05) is 11.6 Å². The number of amides is 1. The van der Waals surface area contributed by atoms with Gasteiger partial charge in [-0.25, -0.2) is 9.37 Å². The molecule has 0 aromatic carbocycles. The smallest absolute Gasteiger partial charge is 0.217 e. The highest BCUT2D eigenvalue weighted by atomic mass is 35.5. The van der Waals surface area contributed by atoms with E-state index in [1.165, 1.54) is 6.92 Å². The molecular formula is C20H24ClFN6O. The van der Waals surface area contributed by atoms with Crippen LogP contribution in [0.4, 0.5) is 4.39 Å². The molecule has 1 saturated carbocycles. The largest absolute Gasteiger partial charge is 0.354 e. The second-order valence-corrected chi connectivity index (χ2v) is 8.17. The number of hydrogen-bond donors (Lipinski definition) is 3. The van der Waals surface area contributed by atoms with E-state index in [1.54, 1.807) is 19.3 Å². The Bertz CT molecular complexity index is 987. The number of halogens is 2. The maximum atomic E-state index is 14.9. The van der Waals surface area contributed by atoms with Crippen LogP contribution in [0.25, 0.3) is 11.0 Å². The van der Waals surface area contributed by atoms with Crippen LogP contribution in [0.5, 0.6) is 0 Å². The lowest BCUT2D eigenvalue weighted by Crippen LogP contribution is -2.48. The van der Waals surface area contributed by atoms with Crippen LogP contribution >= 0.6 is 11.6 Å². The summed E-state index contributed by atoms with van der Waals surface area (Å²) in [4.78, 5) is 27.9. The van der Waals surface area contributed by atoms with Crippen LogP contribution < -0.4 is 10.6 Å². The molecule has 4 rings (SSSR count). The molecule has 1 aliphatic heterocycles. The predicted octanol–water partition coefficient (Wildman–Crippen LogP) is 3.14. The molecule has 0 spiro atoms. The van der Waals surface area contributed by atoms with Crippen LogP contribution in [0, 0.1) is 0 Å². The molecule has 2 aliphatic rings. The van der Waals surface area contributed by atoms with Crippen molar-refractivity contribution in [2.45, 2.75) is 63.8 Å². The summed E-state index contributed by atoms with van der Waals surface area (Å²) in [6.45, 7) is 3.25. The number of aromatic amines is 1. The van der Waals surface area contributed by atoms with Gasteiger partial charge in [-0.2, -0.15) is 0 Å². The van der Waals surface area contributed by atoms with Crippen molar-refractivity contribution in [1.82, 2.24) is 20.6 Å². The van der Waals surface area contributed by atoms with Gasteiger partial charge in [-0.15, -0.1) is 0 Å². The van der Waals surface area contributed by atoms with Gasteiger partial charge in [-0.3, -0.25) is 14.8 Å². The number of carbonyl (C=O) groups is 1. The molecule has 7 nitrogen and oxygen atoms in total. The second-order valence-electron chi connectivity index (χ2n) is 7.73. The van der Waals surface area contributed by atoms with E-state index in [1.807, 2.05) is 6.07 Å². The van der Waals surface area contributed by atoms with Crippen molar-refractivity contribution < 1.29 is 9.18 Å². The third kappa shape index (κ3) is 4.27. The van der Waals surface area contributed by atoms with Crippen molar-refractivity contribution in [1.29, 1.82) is 0 Å². The van der Waals surface area contributed by atoms with Gasteiger partial charge in [0.15, 0.2) is 6.17 Å². The number of hydrogen-bond acceptors (Lipinski definition) is 4. The molecule has 0 bridgehead atoms. The minimum atomic E-state index is -1.30. The van der Waals surface area contributed by atoms with E-state index in [9.17, 15) is 9.18 Å². The van der Waals surface area contributed by atoms with E-state index in [-0.39, 0.29) is 18.0 Å². The summed E-state index contributed by atoms with van der Waals surface area (Å²) in [7, 11) is 0. The predicted molar refractivity (Wildman–Crippen MR) is 112 cm³/mol. The number of H-pyrrole nitrogens is 1. The fraction of sp³-hybridized carbons (Fsp3) is 0.500. The molecule has 154 valence electrons. The van der Waals surface area contributed by atoms with E-state index in [0.717, 1.165) is 30.2 Å². The second kappa shape index (κ2) is 8.10. The van der Waals surface area contributed by atoms with Gasteiger partial charge < -0.3 is 15.6 Å². The molecule has 3 N–H and O–H groups in total. The van der Waals surface area contributed by atoms with Crippen LogP contribution in [0.2, 0.25) is 5.02 Å². The summed E-state index contributed by atoms with van der Waals surface area (Å²) < 4.78 is 14.9. The maximum Gasteiger partial charge on any atom is 0.217 e. The van der Waals surface area contributed by atoms with E-state index >= 15 is 0 Å². The molecule has 1 amide bonds. The molecule has 4 atom stereocenters. The summed E-state index contributed by atoms with van der Waals surface area (Å²) in [5.41, 5.74) is 1.47. The Morgan fingerprint density at radius 1 is 1.41 bits per heavy atom. The molecule has 3 unspecified atom stereocenters. The molecule has 0 saturated heterocycles. The van der Waals surface area contributed by atoms with E-state index in [2.05, 4.69) is 30.6 Å². The van der Waals surface area contributed by atoms with Gasteiger partial charge >= 0.3 is 0 Å². The Labute approximate surface area is 173 Å². The van der Waals surface area contributed by atoms with E-state index in [0.29, 0.717) is 28.8 Å². The summed E-state index contributed by atoms with van der Waals surface area (Å²) in [5, 5.41) is 7.39. The standard InChI is InChI=1S/C20H24ClFN6O/c1-10-17(22)20(27-14-5-3-4-13(7-14)26-11(2)29)28-19(25-10)16-9-24-18-15(16)6-12(21)8-23-18/h6,8-10,13-14,17H,3-5,7H2,1-2H3,(H,23,24)(H,26,29)(H,25,27,28)/t10-,13?,14?,17?/m0/s1. The number of carbonyl (C=O) groups excluding carboxylic acids is 1. The summed E-state index contributed by atoms with van der Waals surface area (Å²) >= 11 is 6.10. The molecule has 2 aromatic rings. The van der Waals surface area contributed by atoms with Gasteiger partial charge in [0.25, 0.3) is 0 Å². The van der Waals surface area contributed by atoms with Crippen molar-refractivity contribution >= 4 is 40.2 Å². The first-order valence-corrected chi connectivity index (χ1v) is 10.2. The number of nitrogens with zero attached hydrogens (tertiary/aromatic N) is 3. The third-order valence-corrected chi connectivity index (χ3v) is 5.60. The third-order valence-electron chi connectivity index (χ3n) is 5.39. The molecule has 2 aromatic heterocycles. The average Bonchev–Trinajstić information content (AvgIpc) is 3.08. The highest BCUT2D eigenvalue weighted by molar-refractivity contribution is 6.31. The van der Waals surface area contributed by atoms with Crippen LogP contribution in [0.1, 0.15) is 45.1 Å². The zero-order valence-electron chi connectivity index (χ0n) is 16.4. The number of fused-ring (bicyclic) bond motifs is 1. The van der Waals surface area contributed by atoms with Crippen molar-refractivity contribution in [3.05, 3.63) is 29.0 Å². The lowest BCUT2D eigenvalue weighted by molar-refractivity contribution is -0.119. The summed E-state index contributed by atoms with van der Waals surface area (Å²) in [6, 6.07) is 1.30. The number of rotatable bonds is 3. The van der Waals surface area contributed by atoms with Gasteiger partial charge in [0.1, 0.15) is 17.3 Å². The lowest BCUT2D eigenvalue weighted by atomic mass is 9.91. The summed E-state index contributed by atoms with van der Waals surface area (Å²) in [5.74, 6) is 0.798. The number of nitrogens with one attached hydrogen (secondary N) is 3. The van der Waals surface area contributed by atoms with Crippen LogP contribution in [0.3, 0.4) is 0 Å². The van der Waals surface area contributed by atoms with Crippen molar-refractivity contribution in [3.8, 4) is 0 Å². The first kappa shape index (κ1) is 19.8. The SMILES string of the molecule is CC(=O)NC1CCCC(N=C2NC(c3c[nH]c4ncc(Cl)cc34)=N[C@@H](C)C2F)C1. The van der Waals surface area contributed by atoms with Crippen molar-refractivity contribution in [2.24, 2.45) is 9.98 Å². The molecule has 9 heteroatoms. The van der Waals surface area contributed by atoms with Crippen LogP contribution in [0.15, 0.2) is 28.4 Å². The number of pyridine rings is 1. The Hall–Kier alpha value is -2.48. The van der Waals surface area contributed by atoms with Gasteiger partial charge in [0.05, 0.1) is 17.1 Å². The molecule has 29 heavy (non-hydrogen) atoms. The first-order chi connectivity index (χ1) is 13.9. The fourth-order valence-corrected chi connectivity index (χ4v) is 4.19. The van der Waals surface area contributed by atoms with Gasteiger partial charge in [-0.05, 0) is 38.7 Å². The summed E-state index contributed by atoms with van der Waals surface area (Å²) in [6.07, 6.45) is 5.53. The quantitative estimate of drug-likeness (QED) is 0.714. The molecule has 1 aliphatic carbocycles. The zero-order chi connectivity index (χ0) is 20.5. The molecule has 3 heterocycles. The number of aliphatic imine (C=N–C) groups is 2. The van der Waals surface area contributed by atoms with Gasteiger partial charge in [0.2, 0.25) is 5.91 Å². The molecule has 1 fully saturated rings. The van der Waals surface area contributed by atoms with Crippen LogP contribution in [-0.4, -0.2) is 51.8 Å². The van der Waals surface area contributed by atoms with Crippen molar-refractivity contribution in [2.75, 3.05) is 0 Å². The number of alkyl halides is 1. The highest BCUT2D eigenvalue weighted by Crippen LogP contribution is 2.25. The Balaban J connectivity index is 1.59. The van der Waals surface area contributed by atoms with E-state index in [4.69, 9.17) is 11.6 Å². The topological polar surface area (TPSA) is 94.5 Å². The lowest BCUT2D eigenvalue weighted by Gasteiger charge is -2.30. The molecule has 0 radical (unpaired) electrons. The van der Waals surface area contributed by atoms with E-state index < -0.39 is 12.2 Å². The maximum absolute atomic E-state index is 14.9. The zero-order valence-corrected chi connectivity index (χ0v) is 17.1. The van der Waals surface area contributed by atoms with Crippen LogP contribution in [-0.2, 0) is 4.79 Å². The monoisotopic (exact) mass is 418 g/mol. The number of aromatic nitrogens is 2. The normalized spacial score (nSPS) is 28.8. The minimum absolute atomic E-state index is 0.0352. The Morgan fingerprint density at radius 3 is 3.03 bits per heavy atom. The highest BCUT2D eigenvalue weighted by Gasteiger charge is 2.31. The fourth-order valence-electron chi connectivity index (χ4n) is 4.03. The van der Waals surface area contributed by atoms with Crippen molar-refractivity contribution in [3.63, 3.8) is 0 Å². The molecular weight excluding hydrogens is 395 g/mol. The van der Waals surface area contributed by atoms with Gasteiger partial charge in [0, 0.05) is 36.3 Å². The Kier molecular flexibility index (Phi) is 5.54. The minimum Gasteiger partial charge on any atom is -0.354 e. The average molecular weight is 419 g/mol. The first-order valence-electron chi connectivity index (χ1n) is 9.87.